The SMILES string of the molecule is CCNCCNS(=O)(=O)CC1CCCC1. The summed E-state index contributed by atoms with van der Waals surface area (Å²) in [6.45, 7) is 4.10. The largest absolute Gasteiger partial charge is 0.316 e. The van der Waals surface area contributed by atoms with E-state index in [-0.39, 0.29) is 0 Å². The lowest BCUT2D eigenvalue weighted by atomic mass is 10.1. The molecule has 0 aromatic rings. The van der Waals surface area contributed by atoms with Crippen LogP contribution in [-0.4, -0.2) is 33.8 Å². The average Bonchev–Trinajstić information content (AvgIpc) is 2.64. The van der Waals surface area contributed by atoms with Gasteiger partial charge in [-0.3, -0.25) is 0 Å². The van der Waals surface area contributed by atoms with E-state index in [9.17, 15) is 8.42 Å². The molecule has 0 saturated heterocycles. The zero-order chi connectivity index (χ0) is 11.1. The Labute approximate surface area is 92.9 Å². The van der Waals surface area contributed by atoms with Crippen molar-refractivity contribution in [2.75, 3.05) is 25.4 Å². The van der Waals surface area contributed by atoms with Gasteiger partial charge in [-0.2, -0.15) is 0 Å². The third kappa shape index (κ3) is 5.49. The molecule has 1 aliphatic carbocycles. The minimum Gasteiger partial charge on any atom is -0.316 e. The molecule has 1 rings (SSSR count). The van der Waals surface area contributed by atoms with Gasteiger partial charge in [0, 0.05) is 13.1 Å². The van der Waals surface area contributed by atoms with Crippen LogP contribution >= 0.6 is 0 Å². The number of hydrogen-bond donors (Lipinski definition) is 2. The zero-order valence-corrected chi connectivity index (χ0v) is 10.3. The Kier molecular flexibility index (Phi) is 5.56. The fourth-order valence-electron chi connectivity index (χ4n) is 2.02. The predicted molar refractivity (Wildman–Crippen MR) is 62.3 cm³/mol. The molecular weight excluding hydrogens is 212 g/mol. The summed E-state index contributed by atoms with van der Waals surface area (Å²) in [5.74, 6) is 0.709. The highest BCUT2D eigenvalue weighted by atomic mass is 32.2. The maximum atomic E-state index is 11.6. The van der Waals surface area contributed by atoms with Gasteiger partial charge in [-0.15, -0.1) is 0 Å². The second-order valence-electron chi connectivity index (χ2n) is 4.18. The van der Waals surface area contributed by atoms with E-state index in [0.29, 0.717) is 24.8 Å². The molecule has 0 unspecified atom stereocenters. The van der Waals surface area contributed by atoms with Crippen molar-refractivity contribution in [1.29, 1.82) is 0 Å². The number of sulfonamides is 1. The summed E-state index contributed by atoms with van der Waals surface area (Å²) in [4.78, 5) is 0. The van der Waals surface area contributed by atoms with Crippen molar-refractivity contribution in [2.45, 2.75) is 32.6 Å². The molecule has 90 valence electrons. The molecule has 1 saturated carbocycles. The predicted octanol–water partition coefficient (Wildman–Crippen LogP) is 0.706. The molecule has 1 aliphatic rings. The van der Waals surface area contributed by atoms with E-state index in [0.717, 1.165) is 19.4 Å². The Balaban J connectivity index is 2.19. The van der Waals surface area contributed by atoms with Crippen LogP contribution in [0.5, 0.6) is 0 Å². The summed E-state index contributed by atoms with van der Waals surface area (Å²) in [6, 6.07) is 0. The lowest BCUT2D eigenvalue weighted by molar-refractivity contribution is 0.545. The van der Waals surface area contributed by atoms with Crippen LogP contribution in [0.15, 0.2) is 0 Å². The van der Waals surface area contributed by atoms with Crippen LogP contribution in [-0.2, 0) is 10.0 Å². The number of nitrogens with one attached hydrogen (secondary N) is 2. The summed E-state index contributed by atoms with van der Waals surface area (Å²) in [7, 11) is -3.04. The molecule has 15 heavy (non-hydrogen) atoms. The first kappa shape index (κ1) is 12.9. The van der Waals surface area contributed by atoms with Crippen molar-refractivity contribution in [3.63, 3.8) is 0 Å². The number of rotatable bonds is 7. The molecule has 5 heteroatoms. The van der Waals surface area contributed by atoms with Gasteiger partial charge in [-0.05, 0) is 25.3 Å². The van der Waals surface area contributed by atoms with Crippen LogP contribution in [0, 0.1) is 5.92 Å². The molecule has 0 aromatic carbocycles. The van der Waals surface area contributed by atoms with Crippen LogP contribution in [0.3, 0.4) is 0 Å². The first-order valence-corrected chi connectivity index (χ1v) is 7.47. The fraction of sp³-hybridized carbons (Fsp3) is 1.00. The standard InChI is InChI=1S/C10H22N2O2S/c1-2-11-7-8-12-15(13,14)9-10-5-3-4-6-10/h10-12H,2-9H2,1H3. The van der Waals surface area contributed by atoms with Crippen LogP contribution in [0.4, 0.5) is 0 Å². The van der Waals surface area contributed by atoms with E-state index < -0.39 is 10.0 Å². The van der Waals surface area contributed by atoms with Crippen molar-refractivity contribution >= 4 is 10.0 Å². The van der Waals surface area contributed by atoms with Gasteiger partial charge in [0.25, 0.3) is 0 Å². The van der Waals surface area contributed by atoms with E-state index in [1.54, 1.807) is 0 Å². The van der Waals surface area contributed by atoms with E-state index in [4.69, 9.17) is 0 Å². The van der Waals surface area contributed by atoms with E-state index in [1.165, 1.54) is 12.8 Å². The summed E-state index contributed by atoms with van der Waals surface area (Å²) >= 11 is 0. The molecule has 0 atom stereocenters. The van der Waals surface area contributed by atoms with Crippen LogP contribution in [0.2, 0.25) is 0 Å². The quantitative estimate of drug-likeness (QED) is 0.638. The molecular formula is C10H22N2O2S. The van der Waals surface area contributed by atoms with Gasteiger partial charge in [-0.1, -0.05) is 19.8 Å². The lowest BCUT2D eigenvalue weighted by Crippen LogP contribution is -2.34. The topological polar surface area (TPSA) is 58.2 Å². The summed E-state index contributed by atoms with van der Waals surface area (Å²) in [5.41, 5.74) is 0. The number of hydrogen-bond acceptors (Lipinski definition) is 3. The van der Waals surface area contributed by atoms with Crippen molar-refractivity contribution < 1.29 is 8.42 Å². The van der Waals surface area contributed by atoms with Crippen molar-refractivity contribution in [3.05, 3.63) is 0 Å². The zero-order valence-electron chi connectivity index (χ0n) is 9.46. The van der Waals surface area contributed by atoms with Gasteiger partial charge in [0.15, 0.2) is 0 Å². The monoisotopic (exact) mass is 234 g/mol. The molecule has 0 amide bonds. The van der Waals surface area contributed by atoms with E-state index in [2.05, 4.69) is 10.0 Å². The summed E-state index contributed by atoms with van der Waals surface area (Å²) in [5, 5.41) is 3.09. The third-order valence-corrected chi connectivity index (χ3v) is 4.36. The van der Waals surface area contributed by atoms with Gasteiger partial charge in [0.2, 0.25) is 10.0 Å². The van der Waals surface area contributed by atoms with Gasteiger partial charge in [0.1, 0.15) is 0 Å². The van der Waals surface area contributed by atoms with Crippen LogP contribution < -0.4 is 10.0 Å². The molecule has 0 spiro atoms. The molecule has 0 radical (unpaired) electrons. The molecule has 1 fully saturated rings. The van der Waals surface area contributed by atoms with Crippen LogP contribution in [0.1, 0.15) is 32.6 Å². The molecule has 0 aliphatic heterocycles. The molecule has 0 bridgehead atoms. The Bertz CT molecular complexity index is 259. The van der Waals surface area contributed by atoms with Gasteiger partial charge in [-0.25, -0.2) is 13.1 Å². The maximum Gasteiger partial charge on any atom is 0.211 e. The van der Waals surface area contributed by atoms with Crippen molar-refractivity contribution in [2.24, 2.45) is 5.92 Å². The molecule has 4 nitrogen and oxygen atoms in total. The Morgan fingerprint density at radius 3 is 2.47 bits per heavy atom. The van der Waals surface area contributed by atoms with E-state index in [1.807, 2.05) is 6.92 Å². The van der Waals surface area contributed by atoms with Crippen molar-refractivity contribution in [1.82, 2.24) is 10.0 Å². The van der Waals surface area contributed by atoms with Gasteiger partial charge in [0.05, 0.1) is 5.75 Å². The fourth-order valence-corrected chi connectivity index (χ4v) is 3.50. The number of likely N-dealkylation sites (N-methyl/N-ethyl adjacent to an activating group) is 1. The van der Waals surface area contributed by atoms with Gasteiger partial charge < -0.3 is 5.32 Å². The first-order chi connectivity index (χ1) is 7.14. The maximum absolute atomic E-state index is 11.6. The Morgan fingerprint density at radius 1 is 1.20 bits per heavy atom. The summed E-state index contributed by atoms with van der Waals surface area (Å²) < 4.78 is 25.9. The average molecular weight is 234 g/mol. The third-order valence-electron chi connectivity index (χ3n) is 2.80. The lowest BCUT2D eigenvalue weighted by Gasteiger charge is -2.11. The van der Waals surface area contributed by atoms with Gasteiger partial charge >= 0.3 is 0 Å². The minimum atomic E-state index is -3.04. The van der Waals surface area contributed by atoms with Crippen LogP contribution in [0.25, 0.3) is 0 Å². The normalized spacial score (nSPS) is 18.5. The second kappa shape index (κ2) is 6.45. The highest BCUT2D eigenvalue weighted by molar-refractivity contribution is 7.89. The highest BCUT2D eigenvalue weighted by Crippen LogP contribution is 2.25. The Morgan fingerprint density at radius 2 is 1.87 bits per heavy atom. The summed E-state index contributed by atoms with van der Waals surface area (Å²) in [6.07, 6.45) is 4.54. The molecule has 0 aromatic heterocycles. The Hall–Kier alpha value is -0.130. The first-order valence-electron chi connectivity index (χ1n) is 5.82. The smallest absolute Gasteiger partial charge is 0.211 e. The minimum absolute atomic E-state index is 0.319. The second-order valence-corrected chi connectivity index (χ2v) is 6.03. The van der Waals surface area contributed by atoms with E-state index >= 15 is 0 Å². The van der Waals surface area contributed by atoms with Crippen molar-refractivity contribution in [3.8, 4) is 0 Å². The highest BCUT2D eigenvalue weighted by Gasteiger charge is 2.21. The molecule has 2 N–H and O–H groups in total. The molecule has 0 heterocycles.